The normalized spacial score (nSPS) is 11.6. The fraction of sp³-hybridized carbons (Fsp3) is 0.731. The van der Waals surface area contributed by atoms with Gasteiger partial charge in [-0.1, -0.05) is 97.6 Å². The van der Waals surface area contributed by atoms with Gasteiger partial charge >= 0.3 is 5.97 Å². The molecule has 0 bridgehead atoms. The number of aromatic hydroxyl groups is 1. The molecule has 0 saturated carbocycles. The van der Waals surface area contributed by atoms with E-state index in [9.17, 15) is 9.90 Å². The zero-order chi connectivity index (χ0) is 21.5. The number of rotatable bonds is 16. The number of carbonyl (C=O) groups excluding carboxylic acids is 1. The molecule has 0 radical (unpaired) electrons. The molecular formula is C26H44O3. The molecule has 0 aliphatic heterocycles. The Morgan fingerprint density at radius 1 is 0.931 bits per heavy atom. The highest BCUT2D eigenvalue weighted by atomic mass is 16.5. The molecule has 0 aliphatic carbocycles. The van der Waals surface area contributed by atoms with E-state index in [4.69, 9.17) is 4.74 Å². The lowest BCUT2D eigenvalue weighted by Crippen LogP contribution is -2.16. The minimum Gasteiger partial charge on any atom is -0.508 e. The van der Waals surface area contributed by atoms with Crippen molar-refractivity contribution in [1.82, 2.24) is 0 Å². The van der Waals surface area contributed by atoms with Crippen LogP contribution in [0.2, 0.25) is 0 Å². The van der Waals surface area contributed by atoms with E-state index in [2.05, 4.69) is 27.7 Å². The summed E-state index contributed by atoms with van der Waals surface area (Å²) in [5.41, 5.74) is 1.96. The maximum atomic E-state index is 12.0. The summed E-state index contributed by atoms with van der Waals surface area (Å²) in [6.45, 7) is 9.18. The predicted molar refractivity (Wildman–Crippen MR) is 123 cm³/mol. The average Bonchev–Trinajstić information content (AvgIpc) is 2.71. The Morgan fingerprint density at radius 3 is 2.10 bits per heavy atom. The molecule has 0 saturated heterocycles. The number of esters is 1. The minimum absolute atomic E-state index is 0.0733. The van der Waals surface area contributed by atoms with Crippen molar-refractivity contribution < 1.29 is 14.6 Å². The first-order valence-corrected chi connectivity index (χ1v) is 11.9. The van der Waals surface area contributed by atoms with Crippen molar-refractivity contribution in [3.8, 4) is 5.75 Å². The predicted octanol–water partition coefficient (Wildman–Crippen LogP) is 7.48. The molecule has 29 heavy (non-hydrogen) atoms. The fourth-order valence-electron chi connectivity index (χ4n) is 3.57. The van der Waals surface area contributed by atoms with Gasteiger partial charge < -0.3 is 9.84 Å². The van der Waals surface area contributed by atoms with Crippen LogP contribution in [-0.4, -0.2) is 17.7 Å². The number of unbranched alkanes of at least 4 members (excludes halogenated alkanes) is 9. The molecule has 3 heteroatoms. The van der Waals surface area contributed by atoms with Gasteiger partial charge in [-0.05, 0) is 41.9 Å². The monoisotopic (exact) mass is 404 g/mol. The summed E-state index contributed by atoms with van der Waals surface area (Å²) in [4.78, 5) is 12.0. The van der Waals surface area contributed by atoms with Crippen molar-refractivity contribution >= 4 is 5.97 Å². The summed E-state index contributed by atoms with van der Waals surface area (Å²) in [7, 11) is 0. The van der Waals surface area contributed by atoms with Crippen molar-refractivity contribution in [2.24, 2.45) is 0 Å². The Balaban J connectivity index is 2.15. The number of aryl methyl sites for hydroxylation is 1. The topological polar surface area (TPSA) is 46.5 Å². The standard InChI is InChI=1S/C26H44O3/c1-5-7-8-9-10-11-12-13-14-15-20-29-25(28)19-17-22-16-18-24(27)23(21-22)26(3,4)6-2/h16,18,21,27H,5-15,17,19-20H2,1-4H3. The Bertz CT molecular complexity index is 577. The van der Waals surface area contributed by atoms with Crippen LogP contribution >= 0.6 is 0 Å². The van der Waals surface area contributed by atoms with Crippen LogP contribution in [0.4, 0.5) is 0 Å². The second-order valence-corrected chi connectivity index (χ2v) is 8.99. The van der Waals surface area contributed by atoms with Gasteiger partial charge in [0, 0.05) is 6.42 Å². The van der Waals surface area contributed by atoms with Crippen molar-refractivity contribution in [2.75, 3.05) is 6.61 Å². The molecule has 0 spiro atoms. The molecular weight excluding hydrogens is 360 g/mol. The number of phenolic OH excluding ortho intramolecular Hbond substituents is 1. The summed E-state index contributed by atoms with van der Waals surface area (Å²) in [6, 6.07) is 5.69. The second kappa shape index (κ2) is 14.5. The van der Waals surface area contributed by atoms with Crippen LogP contribution in [-0.2, 0) is 21.4 Å². The minimum atomic E-state index is -0.120. The first kappa shape index (κ1) is 25.5. The Morgan fingerprint density at radius 2 is 1.52 bits per heavy atom. The van der Waals surface area contributed by atoms with E-state index in [1.807, 2.05) is 12.1 Å². The van der Waals surface area contributed by atoms with Crippen LogP contribution in [0.5, 0.6) is 5.75 Å². The largest absolute Gasteiger partial charge is 0.508 e. The Kier molecular flexibility index (Phi) is 12.7. The van der Waals surface area contributed by atoms with Gasteiger partial charge in [0.15, 0.2) is 0 Å². The average molecular weight is 405 g/mol. The molecule has 1 rings (SSSR count). The SMILES string of the molecule is CCCCCCCCCCCCOC(=O)CCc1ccc(O)c(C(C)(C)CC)c1. The Labute approximate surface area is 179 Å². The second-order valence-electron chi connectivity index (χ2n) is 8.99. The van der Waals surface area contributed by atoms with Crippen molar-refractivity contribution in [2.45, 2.75) is 117 Å². The van der Waals surface area contributed by atoms with Crippen LogP contribution in [0.1, 0.15) is 116 Å². The number of hydrogen-bond acceptors (Lipinski definition) is 3. The maximum absolute atomic E-state index is 12.0. The molecule has 1 aromatic carbocycles. The molecule has 1 N–H and O–H groups in total. The van der Waals surface area contributed by atoms with Crippen molar-refractivity contribution in [3.63, 3.8) is 0 Å². The number of carbonyl (C=O) groups is 1. The zero-order valence-electron chi connectivity index (χ0n) is 19.4. The molecule has 166 valence electrons. The lowest BCUT2D eigenvalue weighted by atomic mass is 9.81. The molecule has 0 amide bonds. The third kappa shape index (κ3) is 10.7. The first-order chi connectivity index (χ1) is 13.9. The number of phenols is 1. The molecule has 0 unspecified atom stereocenters. The van der Waals surface area contributed by atoms with E-state index < -0.39 is 0 Å². The van der Waals surface area contributed by atoms with E-state index >= 15 is 0 Å². The van der Waals surface area contributed by atoms with Gasteiger partial charge in [0.2, 0.25) is 0 Å². The van der Waals surface area contributed by atoms with E-state index in [0.29, 0.717) is 25.2 Å². The van der Waals surface area contributed by atoms with Gasteiger partial charge in [0.05, 0.1) is 6.61 Å². The van der Waals surface area contributed by atoms with Crippen LogP contribution in [0.25, 0.3) is 0 Å². The summed E-state index contributed by atoms with van der Waals surface area (Å²) >= 11 is 0. The first-order valence-electron chi connectivity index (χ1n) is 11.9. The number of hydrogen-bond donors (Lipinski definition) is 1. The van der Waals surface area contributed by atoms with E-state index in [1.54, 1.807) is 6.07 Å². The zero-order valence-corrected chi connectivity index (χ0v) is 19.4. The van der Waals surface area contributed by atoms with Crippen molar-refractivity contribution in [3.05, 3.63) is 29.3 Å². The van der Waals surface area contributed by atoms with E-state index in [-0.39, 0.29) is 11.4 Å². The van der Waals surface area contributed by atoms with Crippen LogP contribution in [0, 0.1) is 0 Å². The van der Waals surface area contributed by atoms with Gasteiger partial charge in [0.1, 0.15) is 5.75 Å². The van der Waals surface area contributed by atoms with Gasteiger partial charge in [-0.2, -0.15) is 0 Å². The third-order valence-corrected chi connectivity index (χ3v) is 6.05. The van der Waals surface area contributed by atoms with E-state index in [0.717, 1.165) is 30.4 Å². The molecule has 0 aromatic heterocycles. The van der Waals surface area contributed by atoms with Crippen LogP contribution < -0.4 is 0 Å². The number of benzene rings is 1. The van der Waals surface area contributed by atoms with Crippen LogP contribution in [0.3, 0.4) is 0 Å². The molecule has 0 atom stereocenters. The molecule has 1 aromatic rings. The number of ether oxygens (including phenoxy) is 1. The molecule has 0 heterocycles. The smallest absolute Gasteiger partial charge is 0.306 e. The maximum Gasteiger partial charge on any atom is 0.306 e. The van der Waals surface area contributed by atoms with E-state index in [1.165, 1.54) is 51.4 Å². The highest BCUT2D eigenvalue weighted by Gasteiger charge is 2.22. The molecule has 3 nitrogen and oxygen atoms in total. The van der Waals surface area contributed by atoms with Gasteiger partial charge in [-0.25, -0.2) is 0 Å². The van der Waals surface area contributed by atoms with Gasteiger partial charge in [-0.3, -0.25) is 4.79 Å². The summed E-state index contributed by atoms with van der Waals surface area (Å²) in [6.07, 6.45) is 14.8. The van der Waals surface area contributed by atoms with Gasteiger partial charge in [0.25, 0.3) is 0 Å². The van der Waals surface area contributed by atoms with Crippen molar-refractivity contribution in [1.29, 1.82) is 0 Å². The third-order valence-electron chi connectivity index (χ3n) is 6.05. The fourth-order valence-corrected chi connectivity index (χ4v) is 3.57. The quantitative estimate of drug-likeness (QED) is 0.229. The lowest BCUT2D eigenvalue weighted by molar-refractivity contribution is -0.143. The summed E-state index contributed by atoms with van der Waals surface area (Å²) in [5.74, 6) is 0.217. The molecule has 0 aliphatic rings. The molecule has 0 fully saturated rings. The lowest BCUT2D eigenvalue weighted by Gasteiger charge is -2.25. The Hall–Kier alpha value is -1.51. The summed E-state index contributed by atoms with van der Waals surface area (Å²) in [5, 5.41) is 10.2. The summed E-state index contributed by atoms with van der Waals surface area (Å²) < 4.78 is 5.39. The highest BCUT2D eigenvalue weighted by molar-refractivity contribution is 5.69. The van der Waals surface area contributed by atoms with Gasteiger partial charge in [-0.15, -0.1) is 0 Å². The van der Waals surface area contributed by atoms with Crippen LogP contribution in [0.15, 0.2) is 18.2 Å². The highest BCUT2D eigenvalue weighted by Crippen LogP contribution is 2.34.